The molecule has 26 heavy (non-hydrogen) atoms. The second-order valence-corrected chi connectivity index (χ2v) is 7.07. The lowest BCUT2D eigenvalue weighted by atomic mass is 9.95. The molecule has 6 heteroatoms. The fourth-order valence-electron chi connectivity index (χ4n) is 3.96. The molecule has 0 unspecified atom stereocenters. The molecule has 1 heterocycles. The van der Waals surface area contributed by atoms with Gasteiger partial charge in [0.15, 0.2) is 11.5 Å². The highest BCUT2D eigenvalue weighted by Crippen LogP contribution is 2.29. The average Bonchev–Trinajstić information content (AvgIpc) is 3.17. The van der Waals surface area contributed by atoms with E-state index in [9.17, 15) is 9.59 Å². The van der Waals surface area contributed by atoms with Crippen LogP contribution in [0.1, 0.15) is 55.3 Å². The number of carbonyl (C=O) groups is 2. The van der Waals surface area contributed by atoms with E-state index in [4.69, 9.17) is 9.47 Å². The van der Waals surface area contributed by atoms with E-state index < -0.39 is 0 Å². The first-order chi connectivity index (χ1) is 12.6. The molecule has 3 rings (SSSR count). The van der Waals surface area contributed by atoms with Gasteiger partial charge in [0.1, 0.15) is 6.04 Å². The second kappa shape index (κ2) is 8.43. The van der Waals surface area contributed by atoms with Crippen LogP contribution in [-0.2, 0) is 4.79 Å². The summed E-state index contributed by atoms with van der Waals surface area (Å²) in [5.41, 5.74) is 0.514. The molecule has 1 N–H and O–H groups in total. The largest absolute Gasteiger partial charge is 0.493 e. The number of nitrogens with zero attached hydrogens (tertiary/aromatic N) is 1. The van der Waals surface area contributed by atoms with E-state index in [2.05, 4.69) is 5.32 Å². The highest BCUT2D eigenvalue weighted by atomic mass is 16.5. The summed E-state index contributed by atoms with van der Waals surface area (Å²) in [6.45, 7) is 0.607. The number of carbonyl (C=O) groups excluding carboxylic acids is 2. The maximum absolute atomic E-state index is 13.0. The molecule has 1 aromatic carbocycles. The van der Waals surface area contributed by atoms with Crippen LogP contribution in [-0.4, -0.2) is 49.6 Å². The van der Waals surface area contributed by atoms with Crippen molar-refractivity contribution in [2.45, 2.75) is 57.0 Å². The van der Waals surface area contributed by atoms with Gasteiger partial charge in [0.25, 0.3) is 5.91 Å². The third kappa shape index (κ3) is 3.94. The minimum Gasteiger partial charge on any atom is -0.493 e. The van der Waals surface area contributed by atoms with Gasteiger partial charge >= 0.3 is 0 Å². The van der Waals surface area contributed by atoms with Crippen molar-refractivity contribution >= 4 is 11.8 Å². The lowest BCUT2D eigenvalue weighted by Gasteiger charge is -2.28. The molecule has 0 radical (unpaired) electrons. The van der Waals surface area contributed by atoms with Gasteiger partial charge in [-0.1, -0.05) is 19.3 Å². The third-order valence-electron chi connectivity index (χ3n) is 5.40. The molecule has 0 bridgehead atoms. The first kappa shape index (κ1) is 18.5. The number of nitrogens with one attached hydrogen (secondary N) is 1. The topological polar surface area (TPSA) is 67.9 Å². The van der Waals surface area contributed by atoms with Gasteiger partial charge in [-0.05, 0) is 43.9 Å². The Morgan fingerprint density at radius 2 is 1.73 bits per heavy atom. The van der Waals surface area contributed by atoms with Crippen molar-refractivity contribution in [2.24, 2.45) is 0 Å². The molecule has 1 atom stereocenters. The Morgan fingerprint density at radius 1 is 1.00 bits per heavy atom. The predicted octanol–water partition coefficient (Wildman–Crippen LogP) is 2.76. The Kier molecular flexibility index (Phi) is 6.01. The number of amides is 2. The summed E-state index contributed by atoms with van der Waals surface area (Å²) in [4.78, 5) is 27.4. The quantitative estimate of drug-likeness (QED) is 0.877. The molecule has 0 spiro atoms. The van der Waals surface area contributed by atoms with E-state index in [-0.39, 0.29) is 23.9 Å². The van der Waals surface area contributed by atoms with E-state index in [1.165, 1.54) is 19.3 Å². The first-order valence-electron chi connectivity index (χ1n) is 9.47. The number of likely N-dealkylation sites (tertiary alicyclic amines) is 1. The first-order valence-corrected chi connectivity index (χ1v) is 9.47. The van der Waals surface area contributed by atoms with Gasteiger partial charge < -0.3 is 19.7 Å². The van der Waals surface area contributed by atoms with Crippen LogP contribution in [0.4, 0.5) is 0 Å². The summed E-state index contributed by atoms with van der Waals surface area (Å²) < 4.78 is 10.5. The maximum atomic E-state index is 13.0. The van der Waals surface area contributed by atoms with Crippen LogP contribution in [0.5, 0.6) is 11.5 Å². The summed E-state index contributed by atoms with van der Waals surface area (Å²) in [5, 5.41) is 3.16. The Labute approximate surface area is 154 Å². The van der Waals surface area contributed by atoms with Gasteiger partial charge in [0, 0.05) is 18.2 Å². The zero-order chi connectivity index (χ0) is 18.5. The number of rotatable bonds is 5. The maximum Gasteiger partial charge on any atom is 0.254 e. The van der Waals surface area contributed by atoms with Gasteiger partial charge in [-0.3, -0.25) is 9.59 Å². The summed E-state index contributed by atoms with van der Waals surface area (Å²) in [6, 6.07) is 5.00. The number of hydrogen-bond donors (Lipinski definition) is 1. The fraction of sp³-hybridized carbons (Fsp3) is 0.600. The van der Waals surface area contributed by atoms with Gasteiger partial charge in [0.2, 0.25) is 5.91 Å². The predicted molar refractivity (Wildman–Crippen MR) is 98.6 cm³/mol. The van der Waals surface area contributed by atoms with Crippen molar-refractivity contribution in [3.05, 3.63) is 23.8 Å². The van der Waals surface area contributed by atoms with E-state index in [0.717, 1.165) is 25.7 Å². The molecule has 2 fully saturated rings. The lowest BCUT2D eigenvalue weighted by molar-refractivity contribution is -0.125. The van der Waals surface area contributed by atoms with E-state index in [1.807, 2.05) is 0 Å². The molecule has 1 saturated carbocycles. The summed E-state index contributed by atoms with van der Waals surface area (Å²) in [7, 11) is 3.10. The molecule has 142 valence electrons. The highest BCUT2D eigenvalue weighted by molar-refractivity contribution is 5.98. The Hall–Kier alpha value is -2.24. The zero-order valence-corrected chi connectivity index (χ0v) is 15.6. The van der Waals surface area contributed by atoms with Crippen LogP contribution in [0.3, 0.4) is 0 Å². The van der Waals surface area contributed by atoms with Crippen LogP contribution < -0.4 is 14.8 Å². The van der Waals surface area contributed by atoms with E-state index in [1.54, 1.807) is 37.3 Å². The summed E-state index contributed by atoms with van der Waals surface area (Å²) in [6.07, 6.45) is 7.25. The Balaban J connectivity index is 1.70. The van der Waals surface area contributed by atoms with Crippen molar-refractivity contribution in [1.82, 2.24) is 10.2 Å². The number of ether oxygens (including phenoxy) is 2. The summed E-state index contributed by atoms with van der Waals surface area (Å²) >= 11 is 0. The van der Waals surface area contributed by atoms with Crippen LogP contribution in [0.15, 0.2) is 18.2 Å². The SMILES string of the molecule is COc1ccc(C(=O)N2CCC[C@H]2C(=O)NC2CCCCC2)cc1OC. The normalized spacial score (nSPS) is 20.7. The number of hydrogen-bond acceptors (Lipinski definition) is 4. The monoisotopic (exact) mass is 360 g/mol. The molecular weight excluding hydrogens is 332 g/mol. The Morgan fingerprint density at radius 3 is 2.42 bits per heavy atom. The molecule has 2 amide bonds. The van der Waals surface area contributed by atoms with Crippen LogP contribution in [0.25, 0.3) is 0 Å². The highest BCUT2D eigenvalue weighted by Gasteiger charge is 2.35. The van der Waals surface area contributed by atoms with Gasteiger partial charge in [0.05, 0.1) is 14.2 Å². The molecule has 1 aromatic rings. The van der Waals surface area contributed by atoms with E-state index in [0.29, 0.717) is 23.6 Å². The third-order valence-corrected chi connectivity index (χ3v) is 5.40. The summed E-state index contributed by atoms with van der Waals surface area (Å²) in [5.74, 6) is 0.952. The van der Waals surface area contributed by atoms with E-state index >= 15 is 0 Å². The molecule has 1 aliphatic heterocycles. The Bertz CT molecular complexity index is 655. The van der Waals surface area contributed by atoms with Gasteiger partial charge in [-0.15, -0.1) is 0 Å². The standard InChI is InChI=1S/C20H28N2O4/c1-25-17-11-10-14(13-18(17)26-2)20(24)22-12-6-9-16(22)19(23)21-15-7-4-3-5-8-15/h10-11,13,15-16H,3-9,12H2,1-2H3,(H,21,23)/t16-/m0/s1. The minimum atomic E-state index is -0.377. The molecule has 1 aliphatic carbocycles. The van der Waals surface area contributed by atoms with Crippen LogP contribution >= 0.6 is 0 Å². The lowest BCUT2D eigenvalue weighted by Crippen LogP contribution is -2.49. The number of methoxy groups -OCH3 is 2. The molecule has 0 aromatic heterocycles. The van der Waals surface area contributed by atoms with Crippen molar-refractivity contribution in [1.29, 1.82) is 0 Å². The molecule has 1 saturated heterocycles. The number of benzene rings is 1. The molecule has 2 aliphatic rings. The van der Waals surface area contributed by atoms with Crippen LogP contribution in [0.2, 0.25) is 0 Å². The smallest absolute Gasteiger partial charge is 0.254 e. The van der Waals surface area contributed by atoms with Crippen molar-refractivity contribution < 1.29 is 19.1 Å². The minimum absolute atomic E-state index is 0.0109. The van der Waals surface area contributed by atoms with Gasteiger partial charge in [-0.2, -0.15) is 0 Å². The van der Waals surface area contributed by atoms with Crippen LogP contribution in [0, 0.1) is 0 Å². The van der Waals surface area contributed by atoms with Gasteiger partial charge in [-0.25, -0.2) is 0 Å². The fourth-order valence-corrected chi connectivity index (χ4v) is 3.96. The van der Waals surface area contributed by atoms with Crippen molar-refractivity contribution in [2.75, 3.05) is 20.8 Å². The van der Waals surface area contributed by atoms with Crippen molar-refractivity contribution in [3.63, 3.8) is 0 Å². The molecular formula is C20H28N2O4. The second-order valence-electron chi connectivity index (χ2n) is 7.07. The molecule has 6 nitrogen and oxygen atoms in total. The van der Waals surface area contributed by atoms with Crippen molar-refractivity contribution in [3.8, 4) is 11.5 Å². The zero-order valence-electron chi connectivity index (χ0n) is 15.6. The average molecular weight is 360 g/mol.